The summed E-state index contributed by atoms with van der Waals surface area (Å²) in [4.78, 5) is 0. The molecule has 2 rings (SSSR count). The fourth-order valence-electron chi connectivity index (χ4n) is 1.46. The Hall–Kier alpha value is -1.96. The van der Waals surface area contributed by atoms with Crippen molar-refractivity contribution >= 4 is 0 Å². The van der Waals surface area contributed by atoms with E-state index in [-0.39, 0.29) is 0 Å². The van der Waals surface area contributed by atoms with Gasteiger partial charge in [0, 0.05) is 0 Å². The fourth-order valence-corrected chi connectivity index (χ4v) is 1.46. The topological polar surface area (TPSA) is 18.5 Å². The van der Waals surface area contributed by atoms with Crippen LogP contribution in [0.25, 0.3) is 0 Å². The lowest BCUT2D eigenvalue weighted by atomic mass is 10.2. The Morgan fingerprint density at radius 2 is 1.50 bits per heavy atom. The normalized spacial score (nSPS) is 9.88. The smallest absolute Gasteiger partial charge is 0.127 e. The highest BCUT2D eigenvalue weighted by molar-refractivity contribution is 5.36. The van der Waals surface area contributed by atoms with Crippen LogP contribution in [-0.4, -0.2) is 7.11 Å². The van der Waals surface area contributed by atoms with Gasteiger partial charge in [-0.15, -0.1) is 0 Å². The van der Waals surface area contributed by atoms with Crippen LogP contribution in [0.15, 0.2) is 48.5 Å². The zero-order chi connectivity index (χ0) is 11.4. The van der Waals surface area contributed by atoms with Crippen molar-refractivity contribution < 1.29 is 9.47 Å². The van der Waals surface area contributed by atoms with E-state index in [1.165, 1.54) is 5.56 Å². The molecule has 0 fully saturated rings. The Morgan fingerprint density at radius 3 is 2.12 bits per heavy atom. The maximum atomic E-state index is 5.70. The second-order valence-electron chi connectivity index (χ2n) is 3.59. The van der Waals surface area contributed by atoms with E-state index in [4.69, 9.17) is 9.47 Å². The molecule has 2 aromatic carbocycles. The van der Waals surface area contributed by atoms with Gasteiger partial charge in [0.05, 0.1) is 7.11 Å². The van der Waals surface area contributed by atoms with E-state index in [1.54, 1.807) is 7.11 Å². The van der Waals surface area contributed by atoms with Crippen LogP contribution >= 0.6 is 0 Å². The van der Waals surface area contributed by atoms with Crippen molar-refractivity contribution in [2.24, 2.45) is 0 Å². The molecule has 2 aromatic rings. The highest BCUT2D eigenvalue weighted by Crippen LogP contribution is 2.24. The van der Waals surface area contributed by atoms with Gasteiger partial charge in [-0.25, -0.2) is 0 Å². The summed E-state index contributed by atoms with van der Waals surface area (Å²) >= 11 is 0. The predicted octanol–water partition coefficient (Wildman–Crippen LogP) is 3.80. The molecule has 2 heteroatoms. The number of hydrogen-bond donors (Lipinski definition) is 0. The standard InChI is InChI=1S/C14H14O2/c1-11-4-3-5-14(10-11)16-13-8-6-12(15-2)7-9-13/h3-10H,1-2H3. The van der Waals surface area contributed by atoms with Gasteiger partial charge in [-0.1, -0.05) is 12.1 Å². The quantitative estimate of drug-likeness (QED) is 0.773. The third-order valence-corrected chi connectivity index (χ3v) is 2.28. The average Bonchev–Trinajstić information content (AvgIpc) is 2.30. The summed E-state index contributed by atoms with van der Waals surface area (Å²) in [5.74, 6) is 2.49. The molecule has 0 aliphatic carbocycles. The zero-order valence-electron chi connectivity index (χ0n) is 9.44. The van der Waals surface area contributed by atoms with Crippen molar-refractivity contribution in [2.45, 2.75) is 6.92 Å². The van der Waals surface area contributed by atoms with Crippen molar-refractivity contribution in [1.29, 1.82) is 0 Å². The Labute approximate surface area is 95.4 Å². The minimum atomic E-state index is 0.811. The van der Waals surface area contributed by atoms with Crippen molar-refractivity contribution in [2.75, 3.05) is 7.11 Å². The summed E-state index contributed by atoms with van der Waals surface area (Å²) in [7, 11) is 1.65. The van der Waals surface area contributed by atoms with Gasteiger partial charge in [-0.2, -0.15) is 0 Å². The maximum absolute atomic E-state index is 5.70. The molecule has 0 heterocycles. The molecule has 0 aliphatic rings. The van der Waals surface area contributed by atoms with Crippen LogP contribution in [0.2, 0.25) is 0 Å². The van der Waals surface area contributed by atoms with E-state index in [0.29, 0.717) is 0 Å². The lowest BCUT2D eigenvalue weighted by Crippen LogP contribution is -1.86. The minimum absolute atomic E-state index is 0.811. The summed E-state index contributed by atoms with van der Waals surface area (Å²) in [5, 5.41) is 0. The molecule has 0 aromatic heterocycles. The monoisotopic (exact) mass is 214 g/mol. The number of hydrogen-bond acceptors (Lipinski definition) is 2. The third-order valence-electron chi connectivity index (χ3n) is 2.28. The van der Waals surface area contributed by atoms with Crippen LogP contribution in [0.3, 0.4) is 0 Å². The second-order valence-corrected chi connectivity index (χ2v) is 3.59. The van der Waals surface area contributed by atoms with Gasteiger partial charge in [0.15, 0.2) is 0 Å². The first kappa shape index (κ1) is 10.6. The number of aryl methyl sites for hydroxylation is 1. The van der Waals surface area contributed by atoms with Crippen molar-refractivity contribution in [3.63, 3.8) is 0 Å². The predicted molar refractivity (Wildman–Crippen MR) is 64.2 cm³/mol. The lowest BCUT2D eigenvalue weighted by Gasteiger charge is -2.06. The van der Waals surface area contributed by atoms with Crippen LogP contribution in [0.5, 0.6) is 17.2 Å². The first-order chi connectivity index (χ1) is 7.78. The van der Waals surface area contributed by atoms with Crippen LogP contribution in [0.4, 0.5) is 0 Å². The minimum Gasteiger partial charge on any atom is -0.497 e. The number of rotatable bonds is 3. The highest BCUT2D eigenvalue weighted by Gasteiger charge is 1.97. The van der Waals surface area contributed by atoms with Crippen LogP contribution in [0.1, 0.15) is 5.56 Å². The summed E-state index contributed by atoms with van der Waals surface area (Å²) in [5.41, 5.74) is 1.19. The second kappa shape index (κ2) is 4.71. The summed E-state index contributed by atoms with van der Waals surface area (Å²) in [6.07, 6.45) is 0. The first-order valence-electron chi connectivity index (χ1n) is 5.16. The molecule has 0 bridgehead atoms. The SMILES string of the molecule is COc1ccc(Oc2cccc(C)c2)cc1. The molecule has 0 N–H and O–H groups in total. The molecule has 0 atom stereocenters. The zero-order valence-corrected chi connectivity index (χ0v) is 9.44. The van der Waals surface area contributed by atoms with Crippen LogP contribution in [-0.2, 0) is 0 Å². The Kier molecular flexibility index (Phi) is 3.10. The van der Waals surface area contributed by atoms with Crippen LogP contribution < -0.4 is 9.47 Å². The van der Waals surface area contributed by atoms with Gasteiger partial charge in [-0.3, -0.25) is 0 Å². The largest absolute Gasteiger partial charge is 0.497 e. The van der Waals surface area contributed by atoms with E-state index < -0.39 is 0 Å². The molecular formula is C14H14O2. The van der Waals surface area contributed by atoms with Gasteiger partial charge < -0.3 is 9.47 Å². The summed E-state index contributed by atoms with van der Waals surface area (Å²) < 4.78 is 10.8. The van der Waals surface area contributed by atoms with E-state index in [9.17, 15) is 0 Å². The van der Waals surface area contributed by atoms with E-state index in [2.05, 4.69) is 0 Å². The Balaban J connectivity index is 2.14. The first-order valence-corrected chi connectivity index (χ1v) is 5.16. The molecule has 0 radical (unpaired) electrons. The third kappa shape index (κ3) is 2.54. The molecule has 0 amide bonds. The molecule has 0 aliphatic heterocycles. The molecule has 0 spiro atoms. The van der Waals surface area contributed by atoms with Gasteiger partial charge >= 0.3 is 0 Å². The fraction of sp³-hybridized carbons (Fsp3) is 0.143. The van der Waals surface area contributed by atoms with Gasteiger partial charge in [0.1, 0.15) is 17.2 Å². The molecule has 16 heavy (non-hydrogen) atoms. The molecule has 0 unspecified atom stereocenters. The number of ether oxygens (including phenoxy) is 2. The molecule has 82 valence electrons. The highest BCUT2D eigenvalue weighted by atomic mass is 16.5. The van der Waals surface area contributed by atoms with Gasteiger partial charge in [0.25, 0.3) is 0 Å². The molecule has 0 saturated heterocycles. The Bertz CT molecular complexity index is 460. The average molecular weight is 214 g/mol. The summed E-state index contributed by atoms with van der Waals surface area (Å²) in [6, 6.07) is 15.5. The molecular weight excluding hydrogens is 200 g/mol. The van der Waals surface area contributed by atoms with Crippen molar-refractivity contribution in [3.05, 3.63) is 54.1 Å². The maximum Gasteiger partial charge on any atom is 0.127 e. The van der Waals surface area contributed by atoms with Gasteiger partial charge in [0.2, 0.25) is 0 Å². The van der Waals surface area contributed by atoms with Crippen LogP contribution in [0, 0.1) is 6.92 Å². The lowest BCUT2D eigenvalue weighted by molar-refractivity contribution is 0.413. The molecule has 2 nitrogen and oxygen atoms in total. The Morgan fingerprint density at radius 1 is 0.812 bits per heavy atom. The number of methoxy groups -OCH3 is 1. The number of benzene rings is 2. The van der Waals surface area contributed by atoms with E-state index in [1.807, 2.05) is 55.5 Å². The van der Waals surface area contributed by atoms with Crippen molar-refractivity contribution in [1.82, 2.24) is 0 Å². The van der Waals surface area contributed by atoms with E-state index >= 15 is 0 Å². The summed E-state index contributed by atoms with van der Waals surface area (Å²) in [6.45, 7) is 2.04. The molecule has 0 saturated carbocycles. The van der Waals surface area contributed by atoms with Gasteiger partial charge in [-0.05, 0) is 48.9 Å². The van der Waals surface area contributed by atoms with Crippen molar-refractivity contribution in [3.8, 4) is 17.2 Å². The van der Waals surface area contributed by atoms with E-state index in [0.717, 1.165) is 17.2 Å².